The largest absolute Gasteiger partial charge is 0.396 e. The van der Waals surface area contributed by atoms with Gasteiger partial charge in [0.05, 0.1) is 6.04 Å². The molecule has 0 spiro atoms. The van der Waals surface area contributed by atoms with Crippen LogP contribution >= 0.6 is 0 Å². The monoisotopic (exact) mass is 191 g/mol. The van der Waals surface area contributed by atoms with Crippen molar-refractivity contribution in [3.8, 4) is 0 Å². The number of benzene rings is 1. The molecule has 0 aliphatic carbocycles. The molecule has 0 radical (unpaired) electrons. The van der Waals surface area contributed by atoms with Gasteiger partial charge in [-0.1, -0.05) is 35.4 Å². The van der Waals surface area contributed by atoms with E-state index in [-0.39, 0.29) is 12.6 Å². The standard InChI is InChI=1S/C10H13N3O/c11-13-12-10(7-4-8-14)9-5-2-1-3-6-9/h1-3,5-6,10,14H,4,7-8H2/t10-/m0/s1. The summed E-state index contributed by atoms with van der Waals surface area (Å²) in [5.74, 6) is 0. The Morgan fingerprint density at radius 1 is 1.36 bits per heavy atom. The van der Waals surface area contributed by atoms with E-state index in [4.69, 9.17) is 10.6 Å². The number of hydrogen-bond donors (Lipinski definition) is 1. The van der Waals surface area contributed by atoms with Crippen molar-refractivity contribution in [2.45, 2.75) is 18.9 Å². The van der Waals surface area contributed by atoms with Gasteiger partial charge >= 0.3 is 0 Å². The van der Waals surface area contributed by atoms with Gasteiger partial charge in [0, 0.05) is 11.5 Å². The first-order valence-electron chi connectivity index (χ1n) is 4.58. The van der Waals surface area contributed by atoms with Gasteiger partial charge in [-0.2, -0.15) is 0 Å². The maximum absolute atomic E-state index is 8.70. The second-order valence-corrected chi connectivity index (χ2v) is 3.00. The Bertz CT molecular complexity index is 306. The third-order valence-electron chi connectivity index (χ3n) is 2.01. The quantitative estimate of drug-likeness (QED) is 0.434. The van der Waals surface area contributed by atoms with Crippen LogP contribution in [0.2, 0.25) is 0 Å². The Hall–Kier alpha value is -1.51. The Morgan fingerprint density at radius 3 is 2.64 bits per heavy atom. The highest BCUT2D eigenvalue weighted by molar-refractivity contribution is 5.18. The minimum atomic E-state index is -0.159. The molecule has 0 fully saturated rings. The second-order valence-electron chi connectivity index (χ2n) is 3.00. The van der Waals surface area contributed by atoms with Crippen LogP contribution in [0.15, 0.2) is 35.4 Å². The average Bonchev–Trinajstić information content (AvgIpc) is 2.25. The number of azide groups is 1. The normalized spacial score (nSPS) is 11.8. The minimum absolute atomic E-state index is 0.129. The van der Waals surface area contributed by atoms with Crippen molar-refractivity contribution in [2.24, 2.45) is 5.11 Å². The summed E-state index contributed by atoms with van der Waals surface area (Å²) in [6, 6.07) is 9.44. The van der Waals surface area contributed by atoms with Gasteiger partial charge in [-0.05, 0) is 23.9 Å². The van der Waals surface area contributed by atoms with Gasteiger partial charge in [-0.15, -0.1) is 0 Å². The van der Waals surface area contributed by atoms with Crippen LogP contribution in [0, 0.1) is 0 Å². The predicted molar refractivity (Wildman–Crippen MR) is 54.6 cm³/mol. The van der Waals surface area contributed by atoms with Crippen LogP contribution < -0.4 is 0 Å². The first-order valence-corrected chi connectivity index (χ1v) is 4.58. The molecule has 0 unspecified atom stereocenters. The van der Waals surface area contributed by atoms with E-state index in [1.54, 1.807) is 0 Å². The van der Waals surface area contributed by atoms with E-state index in [9.17, 15) is 0 Å². The fraction of sp³-hybridized carbons (Fsp3) is 0.400. The predicted octanol–water partition coefficient (Wildman–Crippen LogP) is 2.81. The average molecular weight is 191 g/mol. The van der Waals surface area contributed by atoms with E-state index < -0.39 is 0 Å². The lowest BCUT2D eigenvalue weighted by molar-refractivity contribution is 0.280. The highest BCUT2D eigenvalue weighted by Crippen LogP contribution is 2.22. The molecule has 0 bridgehead atoms. The van der Waals surface area contributed by atoms with Crippen LogP contribution in [0.4, 0.5) is 0 Å². The highest BCUT2D eigenvalue weighted by atomic mass is 16.2. The zero-order valence-electron chi connectivity index (χ0n) is 7.87. The summed E-state index contributed by atoms with van der Waals surface area (Å²) in [5.41, 5.74) is 9.39. The Balaban J connectivity index is 2.72. The van der Waals surface area contributed by atoms with E-state index in [0.29, 0.717) is 12.8 Å². The summed E-state index contributed by atoms with van der Waals surface area (Å²) >= 11 is 0. The molecule has 1 rings (SSSR count). The van der Waals surface area contributed by atoms with Crippen molar-refractivity contribution >= 4 is 0 Å². The fourth-order valence-corrected chi connectivity index (χ4v) is 1.31. The molecule has 0 heterocycles. The van der Waals surface area contributed by atoms with Gasteiger partial charge in [0.1, 0.15) is 0 Å². The molecule has 4 nitrogen and oxygen atoms in total. The van der Waals surface area contributed by atoms with Gasteiger partial charge < -0.3 is 5.11 Å². The van der Waals surface area contributed by atoms with Crippen LogP contribution in [0.25, 0.3) is 10.4 Å². The van der Waals surface area contributed by atoms with Crippen molar-refractivity contribution in [1.82, 2.24) is 0 Å². The first kappa shape index (κ1) is 10.6. The van der Waals surface area contributed by atoms with Gasteiger partial charge in [-0.3, -0.25) is 0 Å². The van der Waals surface area contributed by atoms with E-state index >= 15 is 0 Å². The lowest BCUT2D eigenvalue weighted by Crippen LogP contribution is -1.96. The zero-order valence-corrected chi connectivity index (χ0v) is 7.87. The maximum Gasteiger partial charge on any atom is 0.0626 e. The molecule has 1 aromatic rings. The molecule has 0 aliphatic heterocycles. The van der Waals surface area contributed by atoms with Crippen molar-refractivity contribution in [3.05, 3.63) is 46.3 Å². The van der Waals surface area contributed by atoms with E-state index in [2.05, 4.69) is 10.0 Å². The van der Waals surface area contributed by atoms with Crippen molar-refractivity contribution in [3.63, 3.8) is 0 Å². The smallest absolute Gasteiger partial charge is 0.0626 e. The molecule has 1 atom stereocenters. The summed E-state index contributed by atoms with van der Waals surface area (Å²) in [6.07, 6.45) is 1.34. The van der Waals surface area contributed by atoms with Gasteiger partial charge in [-0.25, -0.2) is 0 Å². The molecule has 1 aromatic carbocycles. The first-order chi connectivity index (χ1) is 6.88. The van der Waals surface area contributed by atoms with Crippen molar-refractivity contribution < 1.29 is 5.11 Å². The second kappa shape index (κ2) is 6.02. The van der Waals surface area contributed by atoms with Crippen LogP contribution in [0.1, 0.15) is 24.4 Å². The summed E-state index contributed by atoms with van der Waals surface area (Å²) in [6.45, 7) is 0.129. The molecule has 0 aromatic heterocycles. The number of aliphatic hydroxyl groups is 1. The molecule has 4 heteroatoms. The molecule has 0 amide bonds. The minimum Gasteiger partial charge on any atom is -0.396 e. The topological polar surface area (TPSA) is 69.0 Å². The van der Waals surface area contributed by atoms with Crippen LogP contribution in [-0.4, -0.2) is 11.7 Å². The Labute approximate surface area is 82.8 Å². The van der Waals surface area contributed by atoms with E-state index in [1.807, 2.05) is 30.3 Å². The molecular weight excluding hydrogens is 178 g/mol. The summed E-state index contributed by atoms with van der Waals surface area (Å²) < 4.78 is 0. The van der Waals surface area contributed by atoms with Gasteiger partial charge in [0.15, 0.2) is 0 Å². The Morgan fingerprint density at radius 2 is 2.07 bits per heavy atom. The molecule has 0 aliphatic rings. The van der Waals surface area contributed by atoms with Crippen molar-refractivity contribution in [1.29, 1.82) is 0 Å². The molecule has 74 valence electrons. The van der Waals surface area contributed by atoms with Crippen molar-refractivity contribution in [2.75, 3.05) is 6.61 Å². The molecule has 1 N–H and O–H groups in total. The highest BCUT2D eigenvalue weighted by Gasteiger charge is 2.07. The van der Waals surface area contributed by atoms with Gasteiger partial charge in [0.25, 0.3) is 0 Å². The van der Waals surface area contributed by atoms with E-state index in [1.165, 1.54) is 0 Å². The molecular formula is C10H13N3O. The number of nitrogens with zero attached hydrogens (tertiary/aromatic N) is 3. The number of hydrogen-bond acceptors (Lipinski definition) is 2. The zero-order chi connectivity index (χ0) is 10.2. The van der Waals surface area contributed by atoms with Gasteiger partial charge in [0.2, 0.25) is 0 Å². The molecule has 0 saturated heterocycles. The number of rotatable bonds is 5. The summed E-state index contributed by atoms with van der Waals surface area (Å²) in [5, 5.41) is 12.4. The van der Waals surface area contributed by atoms with Crippen LogP contribution in [0.5, 0.6) is 0 Å². The van der Waals surface area contributed by atoms with E-state index in [0.717, 1.165) is 5.56 Å². The Kier molecular flexibility index (Phi) is 4.55. The lowest BCUT2D eigenvalue weighted by Gasteiger charge is -2.09. The van der Waals surface area contributed by atoms with Crippen LogP contribution in [0.3, 0.4) is 0 Å². The fourth-order valence-electron chi connectivity index (χ4n) is 1.31. The molecule has 0 saturated carbocycles. The summed E-state index contributed by atoms with van der Waals surface area (Å²) in [7, 11) is 0. The SMILES string of the molecule is [N-]=[N+]=N[C@@H](CCCO)c1ccccc1. The number of aliphatic hydroxyl groups excluding tert-OH is 1. The lowest BCUT2D eigenvalue weighted by atomic mass is 10.0. The molecule has 14 heavy (non-hydrogen) atoms. The summed E-state index contributed by atoms with van der Waals surface area (Å²) in [4.78, 5) is 2.81. The van der Waals surface area contributed by atoms with Crippen LogP contribution in [-0.2, 0) is 0 Å². The maximum atomic E-state index is 8.70. The third-order valence-corrected chi connectivity index (χ3v) is 2.01. The third kappa shape index (κ3) is 3.09.